The zero-order valence-electron chi connectivity index (χ0n) is 27.5. The van der Waals surface area contributed by atoms with Crippen molar-refractivity contribution in [2.24, 2.45) is 11.8 Å². The Balaban J connectivity index is 1.41. The molecule has 0 aromatic heterocycles. The molecule has 0 amide bonds. The molecule has 4 unspecified atom stereocenters. The third kappa shape index (κ3) is 6.59. The zero-order valence-corrected chi connectivity index (χ0v) is 27.5. The number of benzene rings is 5. The number of hydrogen-bond acceptors (Lipinski definition) is 4. The Morgan fingerprint density at radius 1 is 0.625 bits per heavy atom. The van der Waals surface area contributed by atoms with Crippen LogP contribution in [0.1, 0.15) is 78.7 Å². The molecule has 48 heavy (non-hydrogen) atoms. The van der Waals surface area contributed by atoms with E-state index in [2.05, 4.69) is 48.5 Å². The van der Waals surface area contributed by atoms with Crippen LogP contribution >= 0.6 is 0 Å². The average Bonchev–Trinajstić information content (AvgIpc) is 3.13. The van der Waals surface area contributed by atoms with Gasteiger partial charge >= 0.3 is 0 Å². The standard InChI is InChI=1S/C44H46O4/c45-38-20-16-30(17-21-38)24-34-26-37(27-40(42(34)47)32-10-4-1-5-11-32)44(36-14-8-3-9-15-36)28-35(25-31-18-22-39(46)23-19-31)43(48)41(29-44)33-12-6-2-7-13-33/h1-2,4-7,10-13,16-23,26-27,35-36,41,43,45-48H,3,8-9,14-15,24-25,28-29H2. The van der Waals surface area contributed by atoms with Crippen molar-refractivity contribution in [2.75, 3.05) is 0 Å². The summed E-state index contributed by atoms with van der Waals surface area (Å²) in [4.78, 5) is 0. The van der Waals surface area contributed by atoms with E-state index in [0.717, 1.165) is 59.9 Å². The first-order chi connectivity index (χ1) is 23.4. The molecule has 0 bridgehead atoms. The van der Waals surface area contributed by atoms with Crippen LogP contribution in [0, 0.1) is 11.8 Å². The third-order valence-electron chi connectivity index (χ3n) is 11.3. The lowest BCUT2D eigenvalue weighted by Crippen LogP contribution is -2.49. The lowest BCUT2D eigenvalue weighted by Gasteiger charge is -2.53. The van der Waals surface area contributed by atoms with E-state index in [1.807, 2.05) is 48.5 Å². The molecule has 4 atom stereocenters. The Morgan fingerprint density at radius 2 is 1.23 bits per heavy atom. The predicted molar refractivity (Wildman–Crippen MR) is 192 cm³/mol. The minimum absolute atomic E-state index is 0.00459. The van der Waals surface area contributed by atoms with Crippen molar-refractivity contribution in [3.05, 3.63) is 149 Å². The Hall–Kier alpha value is -4.54. The third-order valence-corrected chi connectivity index (χ3v) is 11.3. The molecule has 4 nitrogen and oxygen atoms in total. The van der Waals surface area contributed by atoms with Gasteiger partial charge in [0, 0.05) is 17.9 Å². The minimum atomic E-state index is -0.514. The van der Waals surface area contributed by atoms with Crippen molar-refractivity contribution < 1.29 is 20.4 Å². The van der Waals surface area contributed by atoms with Crippen molar-refractivity contribution in [2.45, 2.75) is 75.2 Å². The van der Waals surface area contributed by atoms with Gasteiger partial charge in [-0.3, -0.25) is 0 Å². The average molecular weight is 639 g/mol. The molecule has 0 radical (unpaired) electrons. The van der Waals surface area contributed by atoms with E-state index in [1.54, 1.807) is 24.3 Å². The summed E-state index contributed by atoms with van der Waals surface area (Å²) >= 11 is 0. The SMILES string of the molecule is Oc1ccc(Cc2cc(C3(C4CCCCC4)CC(Cc4ccc(O)cc4)C(O)C(c4ccccc4)C3)cc(-c3ccccc3)c2O)cc1. The first-order valence-electron chi connectivity index (χ1n) is 17.6. The molecule has 246 valence electrons. The maximum Gasteiger partial charge on any atom is 0.126 e. The molecular weight excluding hydrogens is 592 g/mol. The maximum absolute atomic E-state index is 12.2. The van der Waals surface area contributed by atoms with Gasteiger partial charge in [-0.1, -0.05) is 110 Å². The molecule has 5 aromatic carbocycles. The number of aliphatic hydroxyl groups excluding tert-OH is 1. The van der Waals surface area contributed by atoms with Gasteiger partial charge in [-0.15, -0.1) is 0 Å². The Kier molecular flexibility index (Phi) is 9.28. The summed E-state index contributed by atoms with van der Waals surface area (Å²) in [6.45, 7) is 0. The molecule has 2 saturated carbocycles. The van der Waals surface area contributed by atoms with Gasteiger partial charge in [0.2, 0.25) is 0 Å². The number of phenolic OH excluding ortho intramolecular Hbond substituents is 3. The molecule has 4 heteroatoms. The van der Waals surface area contributed by atoms with E-state index in [-0.39, 0.29) is 28.7 Å². The van der Waals surface area contributed by atoms with Crippen molar-refractivity contribution in [3.63, 3.8) is 0 Å². The van der Waals surface area contributed by atoms with E-state index in [1.165, 1.54) is 30.4 Å². The Morgan fingerprint density at radius 3 is 1.88 bits per heavy atom. The fourth-order valence-electron chi connectivity index (χ4n) is 8.90. The second-order valence-electron chi connectivity index (χ2n) is 14.3. The van der Waals surface area contributed by atoms with Crippen LogP contribution < -0.4 is 0 Å². The van der Waals surface area contributed by atoms with Gasteiger partial charge in [0.15, 0.2) is 0 Å². The van der Waals surface area contributed by atoms with E-state index in [4.69, 9.17) is 0 Å². The van der Waals surface area contributed by atoms with Crippen molar-refractivity contribution in [1.29, 1.82) is 0 Å². The molecule has 0 heterocycles. The summed E-state index contributed by atoms with van der Waals surface area (Å²) in [5.41, 5.74) is 7.06. The summed E-state index contributed by atoms with van der Waals surface area (Å²) in [6, 6.07) is 40.0. The lowest BCUT2D eigenvalue weighted by atomic mass is 9.52. The van der Waals surface area contributed by atoms with E-state index in [0.29, 0.717) is 18.1 Å². The second-order valence-corrected chi connectivity index (χ2v) is 14.3. The molecule has 0 saturated heterocycles. The number of rotatable bonds is 8. The number of hydrogen-bond donors (Lipinski definition) is 4. The first kappa shape index (κ1) is 32.0. The minimum Gasteiger partial charge on any atom is -0.508 e. The molecule has 0 spiro atoms. The maximum atomic E-state index is 12.2. The number of aromatic hydroxyl groups is 3. The van der Waals surface area contributed by atoms with Crippen LogP contribution in [0.2, 0.25) is 0 Å². The highest BCUT2D eigenvalue weighted by Gasteiger charge is 2.51. The molecule has 4 N–H and O–H groups in total. The fraction of sp³-hybridized carbons (Fsp3) is 0.318. The smallest absolute Gasteiger partial charge is 0.126 e. The van der Waals surface area contributed by atoms with Crippen molar-refractivity contribution in [1.82, 2.24) is 0 Å². The Labute approximate surface area is 284 Å². The number of aliphatic hydroxyl groups is 1. The largest absolute Gasteiger partial charge is 0.508 e. The molecule has 2 fully saturated rings. The van der Waals surface area contributed by atoms with Gasteiger partial charge in [0.1, 0.15) is 17.2 Å². The van der Waals surface area contributed by atoms with E-state index < -0.39 is 6.10 Å². The van der Waals surface area contributed by atoms with Crippen LogP contribution in [0.5, 0.6) is 17.2 Å². The van der Waals surface area contributed by atoms with E-state index in [9.17, 15) is 20.4 Å². The van der Waals surface area contributed by atoms with Crippen LogP contribution in [-0.2, 0) is 18.3 Å². The van der Waals surface area contributed by atoms with Crippen molar-refractivity contribution in [3.8, 4) is 28.4 Å². The topological polar surface area (TPSA) is 80.9 Å². The lowest BCUT2D eigenvalue weighted by molar-refractivity contribution is -0.00877. The predicted octanol–water partition coefficient (Wildman–Crippen LogP) is 9.68. The van der Waals surface area contributed by atoms with Crippen molar-refractivity contribution >= 4 is 0 Å². The Bertz CT molecular complexity index is 1790. The normalized spacial score (nSPS) is 23.1. The van der Waals surface area contributed by atoms with Gasteiger partial charge in [0.25, 0.3) is 0 Å². The van der Waals surface area contributed by atoms with Gasteiger partial charge in [-0.25, -0.2) is 0 Å². The van der Waals surface area contributed by atoms with Crippen LogP contribution in [0.4, 0.5) is 0 Å². The van der Waals surface area contributed by atoms with Gasteiger partial charge in [-0.05, 0) is 113 Å². The molecular formula is C44H46O4. The highest BCUT2D eigenvalue weighted by Crippen LogP contribution is 2.57. The highest BCUT2D eigenvalue weighted by atomic mass is 16.3. The van der Waals surface area contributed by atoms with Crippen LogP contribution in [-0.4, -0.2) is 26.5 Å². The summed E-state index contributed by atoms with van der Waals surface area (Å²) in [5, 5.41) is 44.1. The summed E-state index contributed by atoms with van der Waals surface area (Å²) in [7, 11) is 0. The zero-order chi connectivity index (χ0) is 33.1. The molecule has 0 aliphatic heterocycles. The van der Waals surface area contributed by atoms with Crippen LogP contribution in [0.25, 0.3) is 11.1 Å². The van der Waals surface area contributed by atoms with Crippen LogP contribution in [0.3, 0.4) is 0 Å². The van der Waals surface area contributed by atoms with Gasteiger partial charge < -0.3 is 20.4 Å². The number of phenols is 3. The second kappa shape index (κ2) is 13.9. The van der Waals surface area contributed by atoms with E-state index >= 15 is 0 Å². The van der Waals surface area contributed by atoms with Gasteiger partial charge in [-0.2, -0.15) is 0 Å². The molecule has 7 rings (SSSR count). The summed E-state index contributed by atoms with van der Waals surface area (Å²) in [5.74, 6) is 1.18. The fourth-order valence-corrected chi connectivity index (χ4v) is 8.90. The summed E-state index contributed by atoms with van der Waals surface area (Å²) in [6.07, 6.45) is 8.41. The van der Waals surface area contributed by atoms with Gasteiger partial charge in [0.05, 0.1) is 6.10 Å². The highest BCUT2D eigenvalue weighted by molar-refractivity contribution is 5.73. The molecule has 5 aromatic rings. The quantitative estimate of drug-likeness (QED) is 0.136. The summed E-state index contributed by atoms with van der Waals surface area (Å²) < 4.78 is 0. The molecule has 2 aliphatic rings. The molecule has 2 aliphatic carbocycles. The monoisotopic (exact) mass is 638 g/mol. The van der Waals surface area contributed by atoms with Crippen LogP contribution in [0.15, 0.2) is 121 Å². The first-order valence-corrected chi connectivity index (χ1v) is 17.6.